The molecule has 0 unspecified atom stereocenters. The highest BCUT2D eigenvalue weighted by molar-refractivity contribution is 6.02. The number of benzene rings is 1. The first kappa shape index (κ1) is 21.4. The lowest BCUT2D eigenvalue weighted by Gasteiger charge is -2.50. The third kappa shape index (κ3) is 4.18. The first-order valence-corrected chi connectivity index (χ1v) is 10.6. The first-order chi connectivity index (χ1) is 13.7. The number of amides is 1. The van der Waals surface area contributed by atoms with Crippen molar-refractivity contribution >= 4 is 17.7 Å². The fourth-order valence-electron chi connectivity index (χ4n) is 4.98. The molecule has 1 amide bonds. The fraction of sp³-hybridized carbons (Fsp3) is 0.583. The Bertz CT molecular complexity index is 858. The molecule has 5 nitrogen and oxygen atoms in total. The Kier molecular flexibility index (Phi) is 6.05. The summed E-state index contributed by atoms with van der Waals surface area (Å²) in [5, 5.41) is 9.65. The van der Waals surface area contributed by atoms with Crippen LogP contribution in [0.3, 0.4) is 0 Å². The molecule has 5 heteroatoms. The van der Waals surface area contributed by atoms with E-state index in [0.29, 0.717) is 38.3 Å². The number of morpholine rings is 1. The van der Waals surface area contributed by atoms with Gasteiger partial charge in [0.15, 0.2) is 0 Å². The van der Waals surface area contributed by atoms with Crippen LogP contribution < -0.4 is 4.90 Å². The molecule has 1 saturated heterocycles. The Balaban J connectivity index is 2.01. The van der Waals surface area contributed by atoms with Gasteiger partial charge < -0.3 is 14.5 Å². The highest BCUT2D eigenvalue weighted by Crippen LogP contribution is 2.45. The number of hydrogen-bond donors (Lipinski definition) is 0. The Morgan fingerprint density at radius 1 is 1.31 bits per heavy atom. The summed E-state index contributed by atoms with van der Waals surface area (Å²) in [4.78, 5) is 17.0. The lowest BCUT2D eigenvalue weighted by atomic mass is 9.78. The maximum atomic E-state index is 12.8. The van der Waals surface area contributed by atoms with E-state index in [-0.39, 0.29) is 17.0 Å². The number of hydrogen-bond acceptors (Lipinski definition) is 4. The van der Waals surface area contributed by atoms with Crippen LogP contribution >= 0.6 is 0 Å². The summed E-state index contributed by atoms with van der Waals surface area (Å²) in [6, 6.07) is 6.94. The monoisotopic (exact) mass is 395 g/mol. The Labute approximate surface area is 174 Å². The van der Waals surface area contributed by atoms with Gasteiger partial charge in [-0.3, -0.25) is 4.79 Å². The molecule has 0 saturated carbocycles. The van der Waals surface area contributed by atoms with Crippen molar-refractivity contribution in [1.82, 2.24) is 4.90 Å². The van der Waals surface area contributed by atoms with Gasteiger partial charge in [0.05, 0.1) is 13.2 Å². The average molecular weight is 396 g/mol. The number of anilines is 1. The minimum atomic E-state index is -0.203. The number of nitrogens with zero attached hydrogens (tertiary/aromatic N) is 3. The molecular weight excluding hydrogens is 362 g/mol. The number of rotatable bonds is 3. The van der Waals surface area contributed by atoms with Gasteiger partial charge in [-0.25, -0.2) is 0 Å². The Hall–Kier alpha value is -2.32. The summed E-state index contributed by atoms with van der Waals surface area (Å²) in [7, 11) is 0. The second kappa shape index (κ2) is 8.20. The number of aryl methyl sites for hydroxylation is 1. The van der Waals surface area contributed by atoms with Gasteiger partial charge >= 0.3 is 0 Å². The van der Waals surface area contributed by atoms with Gasteiger partial charge in [0.1, 0.15) is 11.6 Å². The van der Waals surface area contributed by atoms with E-state index in [1.807, 2.05) is 0 Å². The molecule has 0 aromatic heterocycles. The van der Waals surface area contributed by atoms with E-state index < -0.39 is 0 Å². The van der Waals surface area contributed by atoms with Crippen molar-refractivity contribution in [3.63, 3.8) is 0 Å². The van der Waals surface area contributed by atoms with Crippen LogP contribution in [-0.4, -0.2) is 48.7 Å². The quantitative estimate of drug-likeness (QED) is 0.567. The summed E-state index contributed by atoms with van der Waals surface area (Å²) in [6.07, 6.45) is 2.84. The molecule has 0 radical (unpaired) electrons. The highest BCUT2D eigenvalue weighted by Gasteiger charge is 2.38. The standard InChI is InChI=1S/C24H33N3O2/c1-16(2)27-22-11-17(3)19(13-21(22)18(4)14-24(27,5)6)12-20(15-25)23(28)26-7-9-29-10-8-26/h11-13,16,18H,7-10,14H2,1-6H3/b20-12-/t18-/m1/s1. The van der Waals surface area contributed by atoms with Crippen LogP contribution in [0.25, 0.3) is 6.08 Å². The zero-order valence-corrected chi connectivity index (χ0v) is 18.6. The van der Waals surface area contributed by atoms with Crippen molar-refractivity contribution in [2.75, 3.05) is 31.2 Å². The molecule has 0 N–H and O–H groups in total. The van der Waals surface area contributed by atoms with Gasteiger partial charge in [-0.1, -0.05) is 6.92 Å². The zero-order chi connectivity index (χ0) is 21.3. The smallest absolute Gasteiger partial charge is 0.264 e. The van der Waals surface area contributed by atoms with Gasteiger partial charge in [-0.05, 0) is 81.9 Å². The molecule has 1 fully saturated rings. The van der Waals surface area contributed by atoms with Crippen LogP contribution in [-0.2, 0) is 9.53 Å². The van der Waals surface area contributed by atoms with Gasteiger partial charge in [0.2, 0.25) is 0 Å². The van der Waals surface area contributed by atoms with Crippen LogP contribution in [0.1, 0.15) is 63.6 Å². The molecule has 2 heterocycles. The summed E-state index contributed by atoms with van der Waals surface area (Å²) >= 11 is 0. The predicted octanol–water partition coefficient (Wildman–Crippen LogP) is 4.26. The van der Waals surface area contributed by atoms with Crippen LogP contribution in [0.5, 0.6) is 0 Å². The summed E-state index contributed by atoms with van der Waals surface area (Å²) in [6.45, 7) is 15.6. The Morgan fingerprint density at radius 2 is 1.97 bits per heavy atom. The molecule has 2 aliphatic rings. The molecular formula is C24H33N3O2. The third-order valence-electron chi connectivity index (χ3n) is 6.13. The predicted molar refractivity (Wildman–Crippen MR) is 117 cm³/mol. The highest BCUT2D eigenvalue weighted by atomic mass is 16.5. The topological polar surface area (TPSA) is 56.6 Å². The summed E-state index contributed by atoms with van der Waals surface area (Å²) in [5.74, 6) is 0.217. The lowest BCUT2D eigenvalue weighted by molar-refractivity contribution is -0.130. The summed E-state index contributed by atoms with van der Waals surface area (Å²) in [5.41, 5.74) is 4.90. The van der Waals surface area contributed by atoms with E-state index in [2.05, 4.69) is 64.6 Å². The van der Waals surface area contributed by atoms with Crippen molar-refractivity contribution in [2.45, 2.75) is 65.5 Å². The molecule has 1 aromatic carbocycles. The average Bonchev–Trinajstić information content (AvgIpc) is 2.66. The van der Waals surface area contributed by atoms with E-state index in [4.69, 9.17) is 4.74 Å². The van der Waals surface area contributed by atoms with E-state index in [1.165, 1.54) is 11.3 Å². The number of carbonyl (C=O) groups excluding carboxylic acids is 1. The van der Waals surface area contributed by atoms with Crippen molar-refractivity contribution in [3.8, 4) is 6.07 Å². The van der Waals surface area contributed by atoms with Gasteiger partial charge in [0, 0.05) is 30.4 Å². The van der Waals surface area contributed by atoms with Crippen molar-refractivity contribution < 1.29 is 9.53 Å². The second-order valence-corrected chi connectivity index (χ2v) is 9.22. The first-order valence-electron chi connectivity index (χ1n) is 10.6. The lowest BCUT2D eigenvalue weighted by Crippen LogP contribution is -2.51. The van der Waals surface area contributed by atoms with Crippen LogP contribution in [0.15, 0.2) is 17.7 Å². The summed E-state index contributed by atoms with van der Waals surface area (Å²) < 4.78 is 5.32. The van der Waals surface area contributed by atoms with E-state index >= 15 is 0 Å². The van der Waals surface area contributed by atoms with Crippen molar-refractivity contribution in [3.05, 3.63) is 34.4 Å². The molecule has 0 spiro atoms. The Morgan fingerprint density at radius 3 is 2.55 bits per heavy atom. The number of ether oxygens (including phenoxy) is 1. The van der Waals surface area contributed by atoms with Crippen LogP contribution in [0.2, 0.25) is 0 Å². The molecule has 0 bridgehead atoms. The molecule has 1 aromatic rings. The molecule has 29 heavy (non-hydrogen) atoms. The third-order valence-corrected chi connectivity index (χ3v) is 6.13. The number of nitriles is 1. The second-order valence-electron chi connectivity index (χ2n) is 9.22. The molecule has 0 aliphatic carbocycles. The van der Waals surface area contributed by atoms with Gasteiger partial charge in [0.25, 0.3) is 5.91 Å². The zero-order valence-electron chi connectivity index (χ0n) is 18.6. The maximum absolute atomic E-state index is 12.8. The van der Waals surface area contributed by atoms with Crippen molar-refractivity contribution in [2.24, 2.45) is 0 Å². The van der Waals surface area contributed by atoms with Crippen LogP contribution in [0, 0.1) is 18.3 Å². The minimum Gasteiger partial charge on any atom is -0.378 e. The normalized spacial score (nSPS) is 21.7. The molecule has 3 rings (SSSR count). The van der Waals surface area contributed by atoms with E-state index in [0.717, 1.165) is 17.5 Å². The van der Waals surface area contributed by atoms with Gasteiger partial charge in [-0.15, -0.1) is 0 Å². The van der Waals surface area contributed by atoms with E-state index in [1.54, 1.807) is 11.0 Å². The number of carbonyl (C=O) groups is 1. The SMILES string of the molecule is Cc1cc2c(cc1/C=C(/C#N)C(=O)N1CCOCC1)[C@H](C)CC(C)(C)N2C(C)C. The largest absolute Gasteiger partial charge is 0.378 e. The minimum absolute atomic E-state index is 0.0918. The van der Waals surface area contributed by atoms with E-state index in [9.17, 15) is 10.1 Å². The maximum Gasteiger partial charge on any atom is 0.264 e. The fourth-order valence-corrected chi connectivity index (χ4v) is 4.98. The number of fused-ring (bicyclic) bond motifs is 1. The van der Waals surface area contributed by atoms with Gasteiger partial charge in [-0.2, -0.15) is 5.26 Å². The van der Waals surface area contributed by atoms with Crippen molar-refractivity contribution in [1.29, 1.82) is 5.26 Å². The molecule has 2 aliphatic heterocycles. The molecule has 156 valence electrons. The molecule has 1 atom stereocenters. The van der Waals surface area contributed by atoms with Crippen LogP contribution in [0.4, 0.5) is 5.69 Å².